The molecule has 26 heavy (non-hydrogen) atoms. The smallest absolute Gasteiger partial charge is 0.337 e. The number of carboxylic acid groups (broad SMARTS) is 1. The van der Waals surface area contributed by atoms with Crippen LogP contribution in [0.4, 0.5) is 5.69 Å². The van der Waals surface area contributed by atoms with Gasteiger partial charge in [0.05, 0.1) is 11.3 Å². The first-order valence-electron chi connectivity index (χ1n) is 7.95. The van der Waals surface area contributed by atoms with Crippen molar-refractivity contribution in [3.63, 3.8) is 0 Å². The summed E-state index contributed by atoms with van der Waals surface area (Å²) >= 11 is 2.08. The van der Waals surface area contributed by atoms with Crippen molar-refractivity contribution in [3.05, 3.63) is 81.4 Å². The molecule has 1 amide bonds. The molecule has 0 atom stereocenters. The van der Waals surface area contributed by atoms with E-state index in [4.69, 9.17) is 0 Å². The molecule has 5 heteroatoms. The van der Waals surface area contributed by atoms with E-state index in [0.717, 1.165) is 25.5 Å². The van der Waals surface area contributed by atoms with Crippen molar-refractivity contribution in [1.29, 1.82) is 0 Å². The van der Waals surface area contributed by atoms with E-state index in [-0.39, 0.29) is 17.2 Å². The Morgan fingerprint density at radius 3 is 2.46 bits per heavy atom. The number of nitrogens with one attached hydrogen (secondary N) is 1. The number of hydrogen-bond donors (Lipinski definition) is 2. The number of carbonyl (C=O) groups is 2. The lowest BCUT2D eigenvalue weighted by molar-refractivity contribution is -0.111. The normalized spacial score (nSPS) is 11.4. The Kier molecular flexibility index (Phi) is 5.37. The number of halogens is 1. The number of benzene rings is 3. The maximum Gasteiger partial charge on any atom is 0.337 e. The van der Waals surface area contributed by atoms with Crippen LogP contribution in [-0.2, 0) is 4.79 Å². The van der Waals surface area contributed by atoms with Crippen LogP contribution in [0.2, 0.25) is 0 Å². The number of amides is 1. The van der Waals surface area contributed by atoms with Crippen molar-refractivity contribution in [2.45, 2.75) is 6.92 Å². The minimum atomic E-state index is -1.08. The van der Waals surface area contributed by atoms with Gasteiger partial charge in [-0.25, -0.2) is 4.79 Å². The number of aromatic carboxylic acids is 1. The minimum Gasteiger partial charge on any atom is -0.478 e. The van der Waals surface area contributed by atoms with Crippen molar-refractivity contribution in [3.8, 4) is 0 Å². The average Bonchev–Trinajstić information content (AvgIpc) is 2.61. The summed E-state index contributed by atoms with van der Waals surface area (Å²) in [5.41, 5.74) is 2.10. The number of anilines is 1. The Labute approximate surface area is 164 Å². The Morgan fingerprint density at radius 2 is 1.73 bits per heavy atom. The number of fused-ring (bicyclic) bond motifs is 1. The van der Waals surface area contributed by atoms with Gasteiger partial charge in [-0.15, -0.1) is 0 Å². The minimum absolute atomic E-state index is 0.0653. The van der Waals surface area contributed by atoms with Crippen molar-refractivity contribution in [1.82, 2.24) is 0 Å². The summed E-state index contributed by atoms with van der Waals surface area (Å²) in [6.07, 6.45) is 1.48. The van der Waals surface area contributed by atoms with Gasteiger partial charge in [-0.1, -0.05) is 36.4 Å². The van der Waals surface area contributed by atoms with Gasteiger partial charge in [0.1, 0.15) is 0 Å². The Hall–Kier alpha value is -2.67. The molecule has 3 aromatic carbocycles. The molecule has 0 aliphatic rings. The first-order valence-corrected chi connectivity index (χ1v) is 9.03. The highest BCUT2D eigenvalue weighted by Crippen LogP contribution is 2.22. The molecule has 0 aliphatic heterocycles. The van der Waals surface area contributed by atoms with Gasteiger partial charge in [0.15, 0.2) is 0 Å². The molecule has 0 saturated carbocycles. The van der Waals surface area contributed by atoms with Gasteiger partial charge in [-0.2, -0.15) is 0 Å². The van der Waals surface area contributed by atoms with Crippen LogP contribution >= 0.6 is 22.6 Å². The highest BCUT2D eigenvalue weighted by atomic mass is 127. The van der Waals surface area contributed by atoms with Crippen LogP contribution in [0.3, 0.4) is 0 Å². The lowest BCUT2D eigenvalue weighted by Gasteiger charge is -2.08. The third-order valence-electron chi connectivity index (χ3n) is 4.02. The predicted molar refractivity (Wildman–Crippen MR) is 112 cm³/mol. The van der Waals surface area contributed by atoms with Crippen molar-refractivity contribution in [2.75, 3.05) is 5.32 Å². The Morgan fingerprint density at radius 1 is 1.00 bits per heavy atom. The molecular weight excluding hydrogens is 441 g/mol. The first kappa shape index (κ1) is 18.1. The fourth-order valence-corrected chi connectivity index (χ4v) is 3.18. The molecule has 3 aromatic rings. The van der Waals surface area contributed by atoms with E-state index in [1.165, 1.54) is 12.1 Å². The van der Waals surface area contributed by atoms with Crippen LogP contribution in [-0.4, -0.2) is 17.0 Å². The summed E-state index contributed by atoms with van der Waals surface area (Å²) in [5.74, 6) is -1.44. The van der Waals surface area contributed by atoms with Gasteiger partial charge in [0, 0.05) is 9.65 Å². The van der Waals surface area contributed by atoms with Crippen molar-refractivity contribution < 1.29 is 14.7 Å². The van der Waals surface area contributed by atoms with E-state index in [1.807, 2.05) is 49.4 Å². The molecule has 0 aromatic heterocycles. The van der Waals surface area contributed by atoms with E-state index < -0.39 is 5.97 Å². The molecule has 0 aliphatic carbocycles. The Balaban J connectivity index is 1.86. The second-order valence-corrected chi connectivity index (χ2v) is 7.12. The molecule has 0 radical (unpaired) electrons. The zero-order valence-corrected chi connectivity index (χ0v) is 16.2. The molecule has 130 valence electrons. The molecule has 4 nitrogen and oxygen atoms in total. The van der Waals surface area contributed by atoms with E-state index in [0.29, 0.717) is 0 Å². The average molecular weight is 457 g/mol. The van der Waals surface area contributed by atoms with Crippen LogP contribution in [0.15, 0.2) is 66.7 Å². The first-order chi connectivity index (χ1) is 12.4. The summed E-state index contributed by atoms with van der Waals surface area (Å²) in [4.78, 5) is 23.7. The Bertz CT molecular complexity index is 1040. The van der Waals surface area contributed by atoms with E-state index in [1.54, 1.807) is 12.1 Å². The summed E-state index contributed by atoms with van der Waals surface area (Å²) in [5, 5.41) is 14.2. The van der Waals surface area contributed by atoms with Gasteiger partial charge in [-0.3, -0.25) is 4.79 Å². The number of hydrogen-bond acceptors (Lipinski definition) is 2. The van der Waals surface area contributed by atoms with Crippen LogP contribution in [0.25, 0.3) is 16.3 Å². The summed E-state index contributed by atoms with van der Waals surface area (Å²) in [7, 11) is 0. The van der Waals surface area contributed by atoms with E-state index >= 15 is 0 Å². The summed E-state index contributed by atoms with van der Waals surface area (Å²) in [6, 6.07) is 18.9. The largest absolute Gasteiger partial charge is 0.478 e. The van der Waals surface area contributed by atoms with E-state index in [2.05, 4.69) is 27.9 Å². The van der Waals surface area contributed by atoms with Gasteiger partial charge in [-0.05, 0) is 75.7 Å². The number of carbonyl (C=O) groups excluding carboxylic acids is 1. The summed E-state index contributed by atoms with van der Waals surface area (Å²) in [6.45, 7) is 1.86. The lowest BCUT2D eigenvalue weighted by atomic mass is 10.0. The highest BCUT2D eigenvalue weighted by molar-refractivity contribution is 14.1. The number of carboxylic acids is 1. The quantitative estimate of drug-likeness (QED) is 0.419. The van der Waals surface area contributed by atoms with Gasteiger partial charge >= 0.3 is 5.97 Å². The van der Waals surface area contributed by atoms with E-state index in [9.17, 15) is 14.7 Å². The third kappa shape index (κ3) is 4.11. The second kappa shape index (κ2) is 7.70. The van der Waals surface area contributed by atoms with Crippen LogP contribution < -0.4 is 5.32 Å². The zero-order chi connectivity index (χ0) is 18.7. The lowest BCUT2D eigenvalue weighted by Crippen LogP contribution is -2.12. The highest BCUT2D eigenvalue weighted by Gasteiger charge is 2.12. The third-order valence-corrected chi connectivity index (χ3v) is 4.69. The van der Waals surface area contributed by atoms with Crippen LogP contribution in [0, 0.1) is 3.57 Å². The molecule has 3 rings (SSSR count). The van der Waals surface area contributed by atoms with Crippen LogP contribution in [0.5, 0.6) is 0 Å². The molecule has 0 unspecified atom stereocenters. The van der Waals surface area contributed by atoms with Crippen molar-refractivity contribution in [2.24, 2.45) is 0 Å². The zero-order valence-electron chi connectivity index (χ0n) is 14.0. The van der Waals surface area contributed by atoms with Crippen LogP contribution in [0.1, 0.15) is 22.8 Å². The molecule has 0 fully saturated rings. The van der Waals surface area contributed by atoms with Crippen molar-refractivity contribution >= 4 is 56.5 Å². The second-order valence-electron chi connectivity index (χ2n) is 5.87. The maximum absolute atomic E-state index is 12.4. The number of rotatable bonds is 4. The number of allylic oxidation sites excluding steroid dienone is 1. The summed E-state index contributed by atoms with van der Waals surface area (Å²) < 4.78 is 0.845. The SMILES string of the molecule is C/C(=C\C(=O)Nc1cc(I)ccc1C(=O)O)c1ccc2ccccc2c1. The topological polar surface area (TPSA) is 66.4 Å². The predicted octanol–water partition coefficient (Wildman–Crippen LogP) is 5.18. The standard InChI is InChI=1S/C21H16INO3/c1-13(15-7-6-14-4-2-3-5-16(14)11-15)10-20(24)23-19-12-17(22)8-9-18(19)21(25)26/h2-12H,1H3,(H,23,24)(H,25,26)/b13-10+. The molecule has 0 spiro atoms. The molecule has 2 N–H and O–H groups in total. The molecule has 0 saturated heterocycles. The van der Waals surface area contributed by atoms with Gasteiger partial charge in [0.2, 0.25) is 5.91 Å². The monoisotopic (exact) mass is 457 g/mol. The molecule has 0 bridgehead atoms. The maximum atomic E-state index is 12.4. The van der Waals surface area contributed by atoms with Gasteiger partial charge < -0.3 is 10.4 Å². The molecule has 0 heterocycles. The fraction of sp³-hybridized carbons (Fsp3) is 0.0476. The fourth-order valence-electron chi connectivity index (χ4n) is 2.69. The molecular formula is C21H16INO3. The van der Waals surface area contributed by atoms with Gasteiger partial charge in [0.25, 0.3) is 0 Å².